The van der Waals surface area contributed by atoms with Gasteiger partial charge in [0.2, 0.25) is 0 Å². The van der Waals surface area contributed by atoms with Gasteiger partial charge in [0.05, 0.1) is 0 Å². The number of carbonyl (C=O) groups excluding carboxylic acids is 1. The van der Waals surface area contributed by atoms with Gasteiger partial charge in [-0.15, -0.1) is 0 Å². The summed E-state index contributed by atoms with van der Waals surface area (Å²) in [6.07, 6.45) is 5.81. The van der Waals surface area contributed by atoms with Crippen LogP contribution >= 0.6 is 0 Å². The lowest BCUT2D eigenvalue weighted by Gasteiger charge is -2.12. The summed E-state index contributed by atoms with van der Waals surface area (Å²) in [6.45, 7) is 3.58. The second-order valence-corrected chi connectivity index (χ2v) is 6.66. The molecule has 1 aromatic heterocycles. The number of allylic oxidation sites excluding steroid dienone is 1. The Balaban J connectivity index is 1.95. The van der Waals surface area contributed by atoms with Crippen LogP contribution in [0.1, 0.15) is 47.1 Å². The summed E-state index contributed by atoms with van der Waals surface area (Å²) in [7, 11) is 0. The van der Waals surface area contributed by atoms with E-state index in [-0.39, 0.29) is 12.1 Å². The molecule has 7 heteroatoms. The maximum Gasteiger partial charge on any atom is 0.326 e. The van der Waals surface area contributed by atoms with Crippen molar-refractivity contribution in [2.45, 2.75) is 45.6 Å². The van der Waals surface area contributed by atoms with E-state index in [1.165, 1.54) is 10.7 Å². The fourth-order valence-electron chi connectivity index (χ4n) is 3.32. The lowest BCUT2D eigenvalue weighted by molar-refractivity contribution is -0.139. The molecule has 142 valence electrons. The van der Waals surface area contributed by atoms with E-state index < -0.39 is 23.7 Å². The van der Waals surface area contributed by atoms with Gasteiger partial charge in [0.15, 0.2) is 5.69 Å². The minimum atomic E-state index is -1.11. The lowest BCUT2D eigenvalue weighted by Crippen LogP contribution is -2.40. The predicted molar refractivity (Wildman–Crippen MR) is 98.6 cm³/mol. The second kappa shape index (κ2) is 7.73. The summed E-state index contributed by atoms with van der Waals surface area (Å²) in [4.78, 5) is 24.1. The molecular weight excluding hydrogens is 349 g/mol. The topological polar surface area (TPSA) is 84.2 Å². The first-order valence-corrected chi connectivity index (χ1v) is 8.94. The minimum Gasteiger partial charge on any atom is -0.480 e. The van der Waals surface area contributed by atoms with Gasteiger partial charge in [-0.2, -0.15) is 5.10 Å². The molecule has 2 N–H and O–H groups in total. The van der Waals surface area contributed by atoms with Crippen LogP contribution in [0.2, 0.25) is 0 Å². The van der Waals surface area contributed by atoms with Crippen LogP contribution in [-0.2, 0) is 17.6 Å². The zero-order chi connectivity index (χ0) is 19.6. The highest BCUT2D eigenvalue weighted by atomic mass is 19.1. The number of nitrogens with one attached hydrogen (secondary N) is 1. The van der Waals surface area contributed by atoms with Gasteiger partial charge in [-0.1, -0.05) is 18.2 Å². The molecule has 0 saturated heterocycles. The van der Waals surface area contributed by atoms with Gasteiger partial charge in [0.25, 0.3) is 5.91 Å². The Labute approximate surface area is 156 Å². The normalized spacial score (nSPS) is 14.3. The number of halogens is 1. The first-order chi connectivity index (χ1) is 12.9. The first-order valence-electron chi connectivity index (χ1n) is 8.94. The SMILES string of the molecule is C/C=C/CC(NC(=O)c1nn(-c2ccc(C)cc2F)c2c1CCC2)C(=O)O. The number of hydrogen-bond acceptors (Lipinski definition) is 3. The van der Waals surface area contributed by atoms with Crippen LogP contribution in [0.3, 0.4) is 0 Å². The number of aliphatic carboxylic acids is 1. The summed E-state index contributed by atoms with van der Waals surface area (Å²) < 4.78 is 15.9. The Morgan fingerprint density at radius 1 is 1.41 bits per heavy atom. The maximum absolute atomic E-state index is 14.4. The van der Waals surface area contributed by atoms with Crippen molar-refractivity contribution in [3.63, 3.8) is 0 Å². The number of hydrogen-bond donors (Lipinski definition) is 2. The molecule has 6 nitrogen and oxygen atoms in total. The van der Waals surface area contributed by atoms with Gasteiger partial charge in [0.1, 0.15) is 17.5 Å². The molecule has 1 aromatic carbocycles. The van der Waals surface area contributed by atoms with E-state index in [1.807, 2.05) is 0 Å². The first kappa shape index (κ1) is 18.8. The third-order valence-electron chi connectivity index (χ3n) is 4.69. The van der Waals surface area contributed by atoms with Crippen molar-refractivity contribution < 1.29 is 19.1 Å². The maximum atomic E-state index is 14.4. The Bertz CT molecular complexity index is 917. The van der Waals surface area contributed by atoms with Crippen molar-refractivity contribution in [1.82, 2.24) is 15.1 Å². The summed E-state index contributed by atoms with van der Waals surface area (Å²) in [5, 5.41) is 16.2. The van der Waals surface area contributed by atoms with Crippen LogP contribution in [0.4, 0.5) is 4.39 Å². The van der Waals surface area contributed by atoms with E-state index in [1.54, 1.807) is 38.1 Å². The molecule has 3 rings (SSSR count). The van der Waals surface area contributed by atoms with Crippen molar-refractivity contribution in [3.8, 4) is 5.69 Å². The van der Waals surface area contributed by atoms with Crippen LogP contribution in [0.25, 0.3) is 5.69 Å². The molecule has 1 atom stereocenters. The van der Waals surface area contributed by atoms with Crippen LogP contribution in [0.5, 0.6) is 0 Å². The molecule has 27 heavy (non-hydrogen) atoms. The third-order valence-corrected chi connectivity index (χ3v) is 4.69. The van der Waals surface area contributed by atoms with Gasteiger partial charge in [-0.3, -0.25) is 4.79 Å². The molecule has 0 spiro atoms. The Morgan fingerprint density at radius 2 is 2.19 bits per heavy atom. The lowest BCUT2D eigenvalue weighted by atomic mass is 10.1. The quantitative estimate of drug-likeness (QED) is 0.765. The van der Waals surface area contributed by atoms with E-state index in [9.17, 15) is 19.1 Å². The molecule has 2 aromatic rings. The largest absolute Gasteiger partial charge is 0.480 e. The molecule has 1 aliphatic rings. The Morgan fingerprint density at radius 3 is 2.85 bits per heavy atom. The number of aryl methyl sites for hydroxylation is 1. The fourth-order valence-corrected chi connectivity index (χ4v) is 3.32. The van der Waals surface area contributed by atoms with Gasteiger partial charge < -0.3 is 10.4 Å². The highest BCUT2D eigenvalue weighted by molar-refractivity contribution is 5.96. The highest BCUT2D eigenvalue weighted by Gasteiger charge is 2.29. The smallest absolute Gasteiger partial charge is 0.326 e. The van der Waals surface area contributed by atoms with Gasteiger partial charge in [-0.25, -0.2) is 13.9 Å². The third kappa shape index (κ3) is 3.77. The molecule has 0 bridgehead atoms. The van der Waals surface area contributed by atoms with Crippen molar-refractivity contribution in [1.29, 1.82) is 0 Å². The summed E-state index contributed by atoms with van der Waals surface area (Å²) in [5.41, 5.74) is 2.84. The molecule has 1 unspecified atom stereocenters. The van der Waals surface area contributed by atoms with Crippen molar-refractivity contribution in [2.75, 3.05) is 0 Å². The number of carboxylic acid groups (broad SMARTS) is 1. The Hall–Kier alpha value is -2.96. The second-order valence-electron chi connectivity index (χ2n) is 6.66. The minimum absolute atomic E-state index is 0.175. The summed E-state index contributed by atoms with van der Waals surface area (Å²) >= 11 is 0. The van der Waals surface area contributed by atoms with Crippen molar-refractivity contribution >= 4 is 11.9 Å². The van der Waals surface area contributed by atoms with Crippen molar-refractivity contribution in [2.24, 2.45) is 0 Å². The molecule has 1 heterocycles. The number of benzene rings is 1. The number of fused-ring (bicyclic) bond motifs is 1. The number of rotatable bonds is 6. The van der Waals surface area contributed by atoms with Crippen LogP contribution < -0.4 is 5.32 Å². The highest BCUT2D eigenvalue weighted by Crippen LogP contribution is 2.29. The molecular formula is C20H22FN3O3. The van der Waals surface area contributed by atoms with Gasteiger partial charge in [0, 0.05) is 11.3 Å². The zero-order valence-corrected chi connectivity index (χ0v) is 15.3. The number of amides is 1. The van der Waals surface area contributed by atoms with E-state index >= 15 is 0 Å². The fraction of sp³-hybridized carbons (Fsp3) is 0.350. The van der Waals surface area contributed by atoms with Crippen LogP contribution in [0, 0.1) is 12.7 Å². The molecule has 1 aliphatic carbocycles. The molecule has 0 radical (unpaired) electrons. The monoisotopic (exact) mass is 371 g/mol. The Kier molecular flexibility index (Phi) is 5.39. The number of carbonyl (C=O) groups is 2. The van der Waals surface area contributed by atoms with Gasteiger partial charge >= 0.3 is 5.97 Å². The average molecular weight is 371 g/mol. The van der Waals surface area contributed by atoms with Crippen LogP contribution in [-0.4, -0.2) is 32.8 Å². The van der Waals surface area contributed by atoms with E-state index in [0.717, 1.165) is 23.2 Å². The standard InChI is InChI=1S/C20H22FN3O3/c1-3-4-7-15(20(26)27)22-19(25)18-13-6-5-8-16(13)24(23-18)17-10-9-12(2)11-14(17)21/h3-4,9-11,15H,5-8H2,1-2H3,(H,22,25)(H,26,27)/b4-3+. The van der Waals surface area contributed by atoms with E-state index in [2.05, 4.69) is 10.4 Å². The van der Waals surface area contributed by atoms with Gasteiger partial charge in [-0.05, 0) is 57.2 Å². The van der Waals surface area contributed by atoms with E-state index in [0.29, 0.717) is 18.5 Å². The number of carboxylic acids is 1. The van der Waals surface area contributed by atoms with E-state index in [4.69, 9.17) is 0 Å². The molecule has 0 aliphatic heterocycles. The number of nitrogens with zero attached hydrogens (tertiary/aromatic N) is 2. The summed E-state index contributed by atoms with van der Waals surface area (Å²) in [6, 6.07) is 3.82. The number of aromatic nitrogens is 2. The molecule has 0 saturated carbocycles. The van der Waals surface area contributed by atoms with Crippen molar-refractivity contribution in [3.05, 3.63) is 58.7 Å². The predicted octanol–water partition coefficient (Wildman–Crippen LogP) is 2.96. The average Bonchev–Trinajstić information content (AvgIpc) is 3.21. The summed E-state index contributed by atoms with van der Waals surface area (Å²) in [5.74, 6) is -2.06. The van der Waals surface area contributed by atoms with Crippen LogP contribution in [0.15, 0.2) is 30.4 Å². The molecule has 0 fully saturated rings. The zero-order valence-electron chi connectivity index (χ0n) is 15.3. The molecule has 1 amide bonds.